The van der Waals surface area contributed by atoms with Crippen LogP contribution in [0.5, 0.6) is 11.5 Å². The number of methoxy groups -OCH3 is 3. The van der Waals surface area contributed by atoms with Crippen LogP contribution in [-0.4, -0.2) is 113 Å². The van der Waals surface area contributed by atoms with E-state index in [0.29, 0.717) is 24.3 Å². The minimum atomic E-state index is -1.39. The molecule has 5 aromatic rings. The van der Waals surface area contributed by atoms with Gasteiger partial charge in [0.15, 0.2) is 24.1 Å². The summed E-state index contributed by atoms with van der Waals surface area (Å²) in [6.45, 7) is 3.08. The molecule has 2 N–H and O–H groups in total. The Morgan fingerprint density at radius 2 is 1.08 bits per heavy atom. The second-order valence-electron chi connectivity index (χ2n) is 18.5. The van der Waals surface area contributed by atoms with Crippen molar-refractivity contribution in [3.8, 4) is 11.5 Å². The molecule has 15 nitrogen and oxygen atoms in total. The van der Waals surface area contributed by atoms with Gasteiger partial charge in [-0.05, 0) is 60.2 Å². The summed E-state index contributed by atoms with van der Waals surface area (Å²) in [6.07, 6.45) is -3.38. The highest BCUT2D eigenvalue weighted by Crippen LogP contribution is 2.35. The first kappa shape index (κ1) is 56.0. The number of carbonyl (C=O) groups excluding carboxylic acids is 2. The van der Waals surface area contributed by atoms with Gasteiger partial charge in [0.25, 0.3) is 5.91 Å². The molecule has 398 valence electrons. The molecule has 1 amide bonds. The molecule has 0 unspecified atom stereocenters. The Kier molecular flexibility index (Phi) is 22.7. The molecule has 2 aliphatic heterocycles. The number of esters is 1. The Balaban J connectivity index is 1.21. The van der Waals surface area contributed by atoms with E-state index in [1.165, 1.54) is 21.3 Å². The number of ether oxygens (including phenoxy) is 11. The average Bonchev–Trinajstić information content (AvgIpc) is 3.44. The van der Waals surface area contributed by atoms with E-state index in [1.807, 2.05) is 128 Å². The summed E-state index contributed by atoms with van der Waals surface area (Å²) in [4.78, 5) is 26.1. The van der Waals surface area contributed by atoms with Crippen LogP contribution in [0.15, 0.2) is 140 Å². The molecule has 0 aromatic heterocycles. The van der Waals surface area contributed by atoms with Crippen molar-refractivity contribution in [2.45, 2.75) is 140 Å². The molecular weight excluding hydrogens is 947 g/mol. The summed E-state index contributed by atoms with van der Waals surface area (Å²) in [5.74, 6) is 0.0934. The van der Waals surface area contributed by atoms with Crippen molar-refractivity contribution in [1.29, 1.82) is 0 Å². The Bertz CT molecular complexity index is 2380. The lowest BCUT2D eigenvalue weighted by molar-refractivity contribution is -0.354. The second kappa shape index (κ2) is 30.0. The van der Waals surface area contributed by atoms with E-state index in [0.717, 1.165) is 54.4 Å². The Hall–Kier alpha value is -5.72. The van der Waals surface area contributed by atoms with E-state index in [9.17, 15) is 14.7 Å². The van der Waals surface area contributed by atoms with Crippen molar-refractivity contribution < 1.29 is 66.8 Å². The zero-order valence-corrected chi connectivity index (χ0v) is 43.0. The predicted molar refractivity (Wildman–Crippen MR) is 276 cm³/mol. The molecule has 2 aliphatic rings. The fraction of sp³-hybridized carbons (Fsp3) is 0.458. The van der Waals surface area contributed by atoms with Crippen LogP contribution in [-0.2, 0) is 73.9 Å². The highest BCUT2D eigenvalue weighted by atomic mass is 16.7. The Morgan fingerprint density at radius 1 is 0.554 bits per heavy atom. The monoisotopic (exact) mass is 1020 g/mol. The summed E-state index contributed by atoms with van der Waals surface area (Å²) in [6, 6.07) is 43.0. The maximum Gasteiger partial charge on any atom is 0.305 e. The summed E-state index contributed by atoms with van der Waals surface area (Å²) in [5.41, 5.74) is 4.03. The van der Waals surface area contributed by atoms with E-state index >= 15 is 0 Å². The van der Waals surface area contributed by atoms with Crippen molar-refractivity contribution in [1.82, 2.24) is 5.32 Å². The fourth-order valence-electron chi connectivity index (χ4n) is 9.11. The lowest BCUT2D eigenvalue weighted by Gasteiger charge is -2.49. The summed E-state index contributed by atoms with van der Waals surface area (Å²) < 4.78 is 69.7. The Labute approximate surface area is 435 Å². The fourth-order valence-corrected chi connectivity index (χ4v) is 9.11. The maximum atomic E-state index is 14.5. The van der Waals surface area contributed by atoms with E-state index in [-0.39, 0.29) is 51.2 Å². The minimum absolute atomic E-state index is 0.0359. The van der Waals surface area contributed by atoms with Crippen LogP contribution in [0.4, 0.5) is 0 Å². The molecule has 5 aromatic carbocycles. The quantitative estimate of drug-likeness (QED) is 0.0344. The standard InChI is InChI=1S/C59H73NO14/c1-41-53(69-37-43-25-15-10-16-26-43)55(70-38-44-27-17-11-18-28-44)56(71-39-45-29-19-12-20-30-45)59(72-41)74-54-51(60-57(63)46-32-33-47(64-2)48(35-46)65-3)58(68-34-22-8-6-5-7-21-31-50(61)66-4)73-49(52(54)62)40-67-36-42-23-13-9-14-24-42/h9-20,23-30,32-33,35,41,49,51-56,58-59,62H,5-8,21-22,31,34,36-40H2,1-4H3,(H,60,63)/t41-,49+,51+,52+,53+,54+,55+,56-,58+,59-/m0/s1. The smallest absolute Gasteiger partial charge is 0.305 e. The molecule has 2 heterocycles. The number of unbranched alkanes of at least 4 members (excludes halogenated alkanes) is 5. The van der Waals surface area contributed by atoms with Crippen molar-refractivity contribution >= 4 is 11.9 Å². The summed E-state index contributed by atoms with van der Waals surface area (Å²) in [7, 11) is 4.42. The average molecular weight is 1020 g/mol. The molecule has 0 saturated carbocycles. The van der Waals surface area contributed by atoms with Gasteiger partial charge < -0.3 is 62.5 Å². The molecule has 0 spiro atoms. The van der Waals surface area contributed by atoms with Crippen LogP contribution >= 0.6 is 0 Å². The number of hydrogen-bond donors (Lipinski definition) is 2. The van der Waals surface area contributed by atoms with Crippen LogP contribution in [0.1, 0.15) is 84.5 Å². The molecule has 7 rings (SSSR count). The molecule has 2 saturated heterocycles. The van der Waals surface area contributed by atoms with E-state index < -0.39 is 67.3 Å². The van der Waals surface area contributed by atoms with E-state index in [1.54, 1.807) is 18.2 Å². The van der Waals surface area contributed by atoms with Crippen LogP contribution in [0.2, 0.25) is 0 Å². The third kappa shape index (κ3) is 16.6. The molecule has 74 heavy (non-hydrogen) atoms. The number of aliphatic hydroxyl groups excluding tert-OH is 1. The molecule has 0 aliphatic carbocycles. The normalized spacial score (nSPS) is 23.7. The SMILES string of the molecule is COC(=O)CCCCCCCCO[C@@H]1O[C@H](COCc2ccccc2)[C@@H](O)[C@H](O[C@@H]2O[C@@H](C)[C@@H](OCc3ccccc3)[C@@H](OCc3ccccc3)[C@@H]2OCc2ccccc2)[C@H]1NC(=O)c1ccc(OC)c(OC)c1. The number of aliphatic hydroxyl groups is 1. The molecule has 0 bridgehead atoms. The zero-order valence-electron chi connectivity index (χ0n) is 43.0. The predicted octanol–water partition coefficient (Wildman–Crippen LogP) is 8.91. The number of rotatable bonds is 29. The first-order chi connectivity index (χ1) is 36.2. The molecule has 0 radical (unpaired) electrons. The number of hydrogen-bond acceptors (Lipinski definition) is 14. The third-order valence-electron chi connectivity index (χ3n) is 13.2. The van der Waals surface area contributed by atoms with Crippen LogP contribution in [0, 0.1) is 0 Å². The molecule has 10 atom stereocenters. The topological polar surface area (TPSA) is 168 Å². The summed E-state index contributed by atoms with van der Waals surface area (Å²) in [5, 5.41) is 15.8. The summed E-state index contributed by atoms with van der Waals surface area (Å²) >= 11 is 0. The lowest BCUT2D eigenvalue weighted by atomic mass is 9.94. The lowest BCUT2D eigenvalue weighted by Crippen LogP contribution is -2.68. The van der Waals surface area contributed by atoms with E-state index in [2.05, 4.69) is 5.32 Å². The second-order valence-corrected chi connectivity index (χ2v) is 18.5. The minimum Gasteiger partial charge on any atom is -0.493 e. The molecular formula is C59H73NO14. The first-order valence-corrected chi connectivity index (χ1v) is 25.7. The number of nitrogens with one attached hydrogen (secondary N) is 1. The van der Waals surface area contributed by atoms with Crippen molar-refractivity contribution in [3.05, 3.63) is 167 Å². The van der Waals surface area contributed by atoms with Gasteiger partial charge in [0.2, 0.25) is 0 Å². The molecule has 15 heteroatoms. The third-order valence-corrected chi connectivity index (χ3v) is 13.2. The zero-order chi connectivity index (χ0) is 51.9. The van der Waals surface area contributed by atoms with Crippen LogP contribution in [0.25, 0.3) is 0 Å². The maximum absolute atomic E-state index is 14.5. The van der Waals surface area contributed by atoms with Gasteiger partial charge >= 0.3 is 5.97 Å². The van der Waals surface area contributed by atoms with E-state index in [4.69, 9.17) is 52.1 Å². The van der Waals surface area contributed by atoms with Gasteiger partial charge in [0.1, 0.15) is 42.7 Å². The number of benzene rings is 5. The largest absolute Gasteiger partial charge is 0.493 e. The van der Waals surface area contributed by atoms with Gasteiger partial charge in [-0.1, -0.05) is 147 Å². The highest BCUT2D eigenvalue weighted by molar-refractivity contribution is 5.95. The molecule has 2 fully saturated rings. The first-order valence-electron chi connectivity index (χ1n) is 25.7. The number of carbonyl (C=O) groups is 2. The van der Waals surface area contributed by atoms with Gasteiger partial charge in [0.05, 0.1) is 60.5 Å². The van der Waals surface area contributed by atoms with Crippen molar-refractivity contribution in [2.75, 3.05) is 34.5 Å². The van der Waals surface area contributed by atoms with Gasteiger partial charge in [-0.2, -0.15) is 0 Å². The van der Waals surface area contributed by atoms with Crippen molar-refractivity contribution in [2.24, 2.45) is 0 Å². The van der Waals surface area contributed by atoms with Crippen molar-refractivity contribution in [3.63, 3.8) is 0 Å². The highest BCUT2D eigenvalue weighted by Gasteiger charge is 2.53. The number of amides is 1. The van der Waals surface area contributed by atoms with Gasteiger partial charge in [-0.3, -0.25) is 9.59 Å². The van der Waals surface area contributed by atoms with Crippen LogP contribution in [0.3, 0.4) is 0 Å². The van der Waals surface area contributed by atoms with Gasteiger partial charge in [0, 0.05) is 18.6 Å². The van der Waals surface area contributed by atoms with Gasteiger partial charge in [-0.25, -0.2) is 0 Å². The Morgan fingerprint density at radius 3 is 1.65 bits per heavy atom. The van der Waals surface area contributed by atoms with Crippen LogP contribution < -0.4 is 14.8 Å². The van der Waals surface area contributed by atoms with Gasteiger partial charge in [-0.15, -0.1) is 0 Å².